The van der Waals surface area contributed by atoms with Crippen molar-refractivity contribution in [2.75, 3.05) is 13.2 Å². The predicted molar refractivity (Wildman–Crippen MR) is 72.7 cm³/mol. The normalized spacial score (nSPS) is 27.2. The van der Waals surface area contributed by atoms with Gasteiger partial charge in [-0.3, -0.25) is 9.63 Å². The SMILES string of the molecule is O=C(CC1CCC2(CC1)OCCO2)NOC1CCCC1. The first-order valence-electron chi connectivity index (χ1n) is 7.98. The average Bonchev–Trinajstić information content (AvgIpc) is 3.12. The summed E-state index contributed by atoms with van der Waals surface area (Å²) in [5.74, 6) is 0.125. The molecule has 0 bridgehead atoms. The van der Waals surface area contributed by atoms with Crippen LogP contribution in [-0.4, -0.2) is 31.0 Å². The van der Waals surface area contributed by atoms with Crippen LogP contribution in [0.25, 0.3) is 0 Å². The second-order valence-corrected chi connectivity index (χ2v) is 6.30. The summed E-state index contributed by atoms with van der Waals surface area (Å²) >= 11 is 0. The van der Waals surface area contributed by atoms with Gasteiger partial charge in [0, 0.05) is 19.3 Å². The van der Waals surface area contributed by atoms with Crippen LogP contribution in [0.4, 0.5) is 0 Å². The Labute approximate surface area is 120 Å². The fourth-order valence-electron chi connectivity index (χ4n) is 3.57. The quantitative estimate of drug-likeness (QED) is 0.804. The lowest BCUT2D eigenvalue weighted by atomic mass is 9.83. The summed E-state index contributed by atoms with van der Waals surface area (Å²) in [7, 11) is 0. The Morgan fingerprint density at radius 3 is 2.40 bits per heavy atom. The molecule has 20 heavy (non-hydrogen) atoms. The van der Waals surface area contributed by atoms with Crippen LogP contribution in [0.1, 0.15) is 57.8 Å². The maximum absolute atomic E-state index is 11.9. The van der Waals surface area contributed by atoms with Crippen molar-refractivity contribution < 1.29 is 19.1 Å². The third kappa shape index (κ3) is 3.51. The Morgan fingerprint density at radius 2 is 1.75 bits per heavy atom. The van der Waals surface area contributed by atoms with E-state index >= 15 is 0 Å². The van der Waals surface area contributed by atoms with Gasteiger partial charge in [0.25, 0.3) is 0 Å². The minimum atomic E-state index is -0.326. The fourth-order valence-corrected chi connectivity index (χ4v) is 3.57. The number of rotatable bonds is 4. The largest absolute Gasteiger partial charge is 0.348 e. The lowest BCUT2D eigenvalue weighted by Crippen LogP contribution is -2.37. The summed E-state index contributed by atoms with van der Waals surface area (Å²) in [5.41, 5.74) is 2.63. The van der Waals surface area contributed by atoms with Crippen molar-refractivity contribution in [3.05, 3.63) is 0 Å². The van der Waals surface area contributed by atoms with Crippen LogP contribution in [0, 0.1) is 5.92 Å². The van der Waals surface area contributed by atoms with Gasteiger partial charge >= 0.3 is 0 Å². The zero-order chi connectivity index (χ0) is 13.8. The molecule has 3 rings (SSSR count). The standard InChI is InChI=1S/C15H25NO4/c17-14(16-20-13-3-1-2-4-13)11-12-5-7-15(8-6-12)18-9-10-19-15/h12-13H,1-11H2,(H,16,17). The molecule has 0 atom stereocenters. The molecule has 2 saturated carbocycles. The van der Waals surface area contributed by atoms with Gasteiger partial charge in [-0.2, -0.15) is 0 Å². The lowest BCUT2D eigenvalue weighted by molar-refractivity contribution is -0.183. The van der Waals surface area contributed by atoms with Crippen LogP contribution in [-0.2, 0) is 19.1 Å². The molecule has 1 heterocycles. The van der Waals surface area contributed by atoms with Gasteiger partial charge in [0.1, 0.15) is 0 Å². The molecule has 0 unspecified atom stereocenters. The topological polar surface area (TPSA) is 56.8 Å². The Hall–Kier alpha value is -0.650. The van der Waals surface area contributed by atoms with Crippen molar-refractivity contribution in [1.82, 2.24) is 5.48 Å². The van der Waals surface area contributed by atoms with Crippen molar-refractivity contribution in [2.24, 2.45) is 5.92 Å². The van der Waals surface area contributed by atoms with Crippen molar-refractivity contribution >= 4 is 5.91 Å². The number of nitrogens with one attached hydrogen (secondary N) is 1. The van der Waals surface area contributed by atoms with Crippen LogP contribution in [0.15, 0.2) is 0 Å². The first-order valence-corrected chi connectivity index (χ1v) is 7.98. The molecule has 0 aromatic heterocycles. The molecule has 1 saturated heterocycles. The Morgan fingerprint density at radius 1 is 1.10 bits per heavy atom. The van der Waals surface area contributed by atoms with E-state index in [4.69, 9.17) is 14.3 Å². The minimum Gasteiger partial charge on any atom is -0.348 e. The smallest absolute Gasteiger partial charge is 0.243 e. The van der Waals surface area contributed by atoms with Gasteiger partial charge < -0.3 is 9.47 Å². The third-order valence-corrected chi connectivity index (χ3v) is 4.80. The minimum absolute atomic E-state index is 0.0195. The molecule has 0 aromatic carbocycles. The molecule has 0 radical (unpaired) electrons. The van der Waals surface area contributed by atoms with Gasteiger partial charge in [0.2, 0.25) is 5.91 Å². The van der Waals surface area contributed by atoms with E-state index in [1.54, 1.807) is 0 Å². The first kappa shape index (κ1) is 14.3. The second-order valence-electron chi connectivity index (χ2n) is 6.30. The van der Waals surface area contributed by atoms with Crippen LogP contribution in [0.5, 0.6) is 0 Å². The summed E-state index contributed by atoms with van der Waals surface area (Å²) in [5, 5.41) is 0. The van der Waals surface area contributed by atoms with Gasteiger partial charge in [-0.25, -0.2) is 5.48 Å². The molecule has 114 valence electrons. The number of hydrogen-bond donors (Lipinski definition) is 1. The molecule has 3 fully saturated rings. The summed E-state index contributed by atoms with van der Waals surface area (Å²) in [6, 6.07) is 0. The van der Waals surface area contributed by atoms with Crippen LogP contribution in [0.3, 0.4) is 0 Å². The summed E-state index contributed by atoms with van der Waals surface area (Å²) in [6.45, 7) is 1.42. The number of amides is 1. The van der Waals surface area contributed by atoms with E-state index in [1.807, 2.05) is 0 Å². The van der Waals surface area contributed by atoms with Crippen molar-refractivity contribution in [3.63, 3.8) is 0 Å². The van der Waals surface area contributed by atoms with Gasteiger partial charge in [0.05, 0.1) is 19.3 Å². The molecule has 1 aliphatic heterocycles. The molecule has 5 nitrogen and oxygen atoms in total. The highest BCUT2D eigenvalue weighted by atomic mass is 16.7. The molecule has 5 heteroatoms. The predicted octanol–water partition coefficient (Wildman–Crippen LogP) is 2.30. The van der Waals surface area contributed by atoms with Gasteiger partial charge in [-0.05, 0) is 31.6 Å². The van der Waals surface area contributed by atoms with E-state index in [1.165, 1.54) is 12.8 Å². The fraction of sp³-hybridized carbons (Fsp3) is 0.933. The van der Waals surface area contributed by atoms with E-state index in [0.717, 1.165) is 38.5 Å². The number of carbonyl (C=O) groups is 1. The summed E-state index contributed by atoms with van der Waals surface area (Å²) < 4.78 is 11.4. The van der Waals surface area contributed by atoms with E-state index in [0.29, 0.717) is 25.6 Å². The van der Waals surface area contributed by atoms with Gasteiger partial charge in [0.15, 0.2) is 5.79 Å². The van der Waals surface area contributed by atoms with E-state index in [9.17, 15) is 4.79 Å². The van der Waals surface area contributed by atoms with Crippen LogP contribution >= 0.6 is 0 Å². The molecular weight excluding hydrogens is 258 g/mol. The van der Waals surface area contributed by atoms with E-state index < -0.39 is 0 Å². The van der Waals surface area contributed by atoms with Gasteiger partial charge in [-0.15, -0.1) is 0 Å². The highest BCUT2D eigenvalue weighted by Gasteiger charge is 2.40. The summed E-state index contributed by atoms with van der Waals surface area (Å²) in [4.78, 5) is 17.3. The molecular formula is C15H25NO4. The number of carbonyl (C=O) groups excluding carboxylic acids is 1. The zero-order valence-electron chi connectivity index (χ0n) is 12.1. The number of hydroxylamine groups is 1. The molecule has 2 aliphatic carbocycles. The monoisotopic (exact) mass is 283 g/mol. The van der Waals surface area contributed by atoms with Crippen LogP contribution < -0.4 is 5.48 Å². The van der Waals surface area contributed by atoms with Crippen molar-refractivity contribution in [2.45, 2.75) is 69.7 Å². The molecule has 3 aliphatic rings. The lowest BCUT2D eigenvalue weighted by Gasteiger charge is -2.35. The Bertz CT molecular complexity index is 325. The Balaban J connectivity index is 1.35. The zero-order valence-corrected chi connectivity index (χ0v) is 12.1. The maximum Gasteiger partial charge on any atom is 0.243 e. The Kier molecular flexibility index (Phi) is 4.58. The van der Waals surface area contributed by atoms with Gasteiger partial charge in [-0.1, -0.05) is 12.8 Å². The van der Waals surface area contributed by atoms with Crippen molar-refractivity contribution in [1.29, 1.82) is 0 Å². The highest BCUT2D eigenvalue weighted by Crippen LogP contribution is 2.39. The van der Waals surface area contributed by atoms with Crippen molar-refractivity contribution in [3.8, 4) is 0 Å². The molecule has 0 aromatic rings. The maximum atomic E-state index is 11.9. The average molecular weight is 283 g/mol. The second kappa shape index (κ2) is 6.41. The van der Waals surface area contributed by atoms with E-state index in [-0.39, 0.29) is 17.8 Å². The summed E-state index contributed by atoms with van der Waals surface area (Å²) in [6.07, 6.45) is 9.17. The number of hydrogen-bond acceptors (Lipinski definition) is 4. The van der Waals surface area contributed by atoms with E-state index in [2.05, 4.69) is 5.48 Å². The molecule has 1 spiro atoms. The molecule has 1 N–H and O–H groups in total. The number of ether oxygens (including phenoxy) is 2. The van der Waals surface area contributed by atoms with Crippen LogP contribution in [0.2, 0.25) is 0 Å². The first-order chi connectivity index (χ1) is 9.76. The third-order valence-electron chi connectivity index (χ3n) is 4.80. The molecule has 1 amide bonds. The highest BCUT2D eigenvalue weighted by molar-refractivity contribution is 5.75.